The summed E-state index contributed by atoms with van der Waals surface area (Å²) in [4.78, 5) is 6.84. The molecule has 0 heterocycles. The second-order valence-electron chi connectivity index (χ2n) is 4.18. The maximum absolute atomic E-state index is 9.92. The van der Waals surface area contributed by atoms with Crippen LogP contribution in [0.3, 0.4) is 0 Å². The monoisotopic (exact) mass is 224 g/mol. The third kappa shape index (κ3) is 3.48. The molecule has 4 heteroatoms. The molecule has 0 aliphatic rings. The van der Waals surface area contributed by atoms with Crippen LogP contribution in [0.1, 0.15) is 16.7 Å². The third-order valence-corrected chi connectivity index (χ3v) is 2.35. The quantitative estimate of drug-likeness (QED) is 0.742. The van der Waals surface area contributed by atoms with Crippen LogP contribution >= 0.6 is 0 Å². The molecule has 0 saturated heterocycles. The lowest BCUT2D eigenvalue weighted by Crippen LogP contribution is -2.14. The summed E-state index contributed by atoms with van der Waals surface area (Å²) >= 11 is 0. The first-order valence-electron chi connectivity index (χ1n) is 5.26. The summed E-state index contributed by atoms with van der Waals surface area (Å²) in [5, 5.41) is 9.92. The van der Waals surface area contributed by atoms with Gasteiger partial charge >= 0.3 is 0 Å². The van der Waals surface area contributed by atoms with Crippen LogP contribution in [-0.2, 0) is 17.9 Å². The van der Waals surface area contributed by atoms with Gasteiger partial charge < -0.3 is 14.8 Å². The zero-order valence-electron chi connectivity index (χ0n) is 10.4. The molecule has 2 N–H and O–H groups in total. The number of aromatic hydroxyl groups is 1. The first-order valence-corrected chi connectivity index (χ1v) is 5.26. The fourth-order valence-corrected chi connectivity index (χ4v) is 1.65. The van der Waals surface area contributed by atoms with Crippen molar-refractivity contribution in [1.82, 2.24) is 10.4 Å². The minimum Gasteiger partial charge on any atom is -0.507 e. The van der Waals surface area contributed by atoms with Gasteiger partial charge in [-0.05, 0) is 38.2 Å². The van der Waals surface area contributed by atoms with E-state index in [1.807, 2.05) is 38.1 Å². The molecule has 0 bridgehead atoms. The van der Waals surface area contributed by atoms with Gasteiger partial charge in [0.1, 0.15) is 5.75 Å². The van der Waals surface area contributed by atoms with E-state index < -0.39 is 0 Å². The lowest BCUT2D eigenvalue weighted by Gasteiger charge is -2.14. The predicted octanol–water partition coefficient (Wildman–Crippen LogP) is 1.41. The molecule has 0 aliphatic heterocycles. The number of rotatable bonds is 5. The van der Waals surface area contributed by atoms with Crippen LogP contribution in [0.5, 0.6) is 5.75 Å². The zero-order chi connectivity index (χ0) is 12.1. The molecule has 1 rings (SSSR count). The largest absolute Gasteiger partial charge is 0.507 e. The van der Waals surface area contributed by atoms with Crippen molar-refractivity contribution in [2.45, 2.75) is 20.0 Å². The lowest BCUT2D eigenvalue weighted by atomic mass is 10.0. The number of hydroxylamine groups is 1. The molecule has 0 aromatic heterocycles. The van der Waals surface area contributed by atoms with E-state index >= 15 is 0 Å². The standard InChI is InChI=1S/C12H20N2O2/c1-9-5-10(7-13-16-4)6-11(12(9)15)8-14(2)3/h5-6,13,15H,7-8H2,1-4H3. The number of nitrogens with one attached hydrogen (secondary N) is 1. The van der Waals surface area contributed by atoms with Crippen LogP contribution in [0.25, 0.3) is 0 Å². The molecule has 90 valence electrons. The SMILES string of the molecule is CONCc1cc(C)c(O)c(CN(C)C)c1. The summed E-state index contributed by atoms with van der Waals surface area (Å²) in [7, 11) is 5.55. The van der Waals surface area contributed by atoms with E-state index in [1.165, 1.54) is 0 Å². The van der Waals surface area contributed by atoms with E-state index in [2.05, 4.69) is 5.48 Å². The average molecular weight is 224 g/mol. The predicted molar refractivity (Wildman–Crippen MR) is 64.1 cm³/mol. The number of phenolic OH excluding ortho intramolecular Hbond substituents is 1. The van der Waals surface area contributed by atoms with Crippen molar-refractivity contribution in [3.05, 3.63) is 28.8 Å². The Morgan fingerprint density at radius 1 is 1.38 bits per heavy atom. The molecule has 1 aromatic rings. The molecular weight excluding hydrogens is 204 g/mol. The molecule has 0 spiro atoms. The summed E-state index contributed by atoms with van der Waals surface area (Å²) in [6.45, 7) is 3.27. The maximum atomic E-state index is 9.92. The summed E-state index contributed by atoms with van der Waals surface area (Å²) < 4.78 is 0. The first kappa shape index (κ1) is 13.0. The fourth-order valence-electron chi connectivity index (χ4n) is 1.65. The molecule has 0 aliphatic carbocycles. The second kappa shape index (κ2) is 5.84. The van der Waals surface area contributed by atoms with Gasteiger partial charge in [0.2, 0.25) is 0 Å². The van der Waals surface area contributed by atoms with Crippen molar-refractivity contribution >= 4 is 0 Å². The lowest BCUT2D eigenvalue weighted by molar-refractivity contribution is 0.0867. The van der Waals surface area contributed by atoms with Gasteiger partial charge in [-0.25, -0.2) is 0 Å². The average Bonchev–Trinajstić information content (AvgIpc) is 2.21. The Balaban J connectivity index is 2.92. The fraction of sp³-hybridized carbons (Fsp3) is 0.500. The first-order chi connectivity index (χ1) is 7.54. The van der Waals surface area contributed by atoms with Crippen molar-refractivity contribution in [3.63, 3.8) is 0 Å². The molecule has 0 atom stereocenters. The minimum atomic E-state index is 0.384. The number of benzene rings is 1. The van der Waals surface area contributed by atoms with E-state index in [-0.39, 0.29) is 0 Å². The Morgan fingerprint density at radius 3 is 2.62 bits per heavy atom. The highest BCUT2D eigenvalue weighted by Crippen LogP contribution is 2.24. The highest BCUT2D eigenvalue weighted by Gasteiger charge is 2.07. The number of hydrogen-bond acceptors (Lipinski definition) is 4. The Labute approximate surface area is 96.8 Å². The van der Waals surface area contributed by atoms with Crippen molar-refractivity contribution in [1.29, 1.82) is 0 Å². The van der Waals surface area contributed by atoms with E-state index in [0.29, 0.717) is 12.3 Å². The van der Waals surface area contributed by atoms with Crippen LogP contribution in [-0.4, -0.2) is 31.2 Å². The van der Waals surface area contributed by atoms with Crippen molar-refractivity contribution in [2.75, 3.05) is 21.2 Å². The second-order valence-corrected chi connectivity index (χ2v) is 4.18. The summed E-state index contributed by atoms with van der Waals surface area (Å²) in [5.41, 5.74) is 5.74. The van der Waals surface area contributed by atoms with Crippen LogP contribution in [0.2, 0.25) is 0 Å². The molecule has 16 heavy (non-hydrogen) atoms. The van der Waals surface area contributed by atoms with E-state index in [4.69, 9.17) is 4.84 Å². The molecule has 0 unspecified atom stereocenters. The molecule has 0 radical (unpaired) electrons. The van der Waals surface area contributed by atoms with E-state index in [1.54, 1.807) is 7.11 Å². The van der Waals surface area contributed by atoms with Gasteiger partial charge in [-0.1, -0.05) is 6.07 Å². The number of nitrogens with zero attached hydrogens (tertiary/aromatic N) is 1. The number of aryl methyl sites for hydroxylation is 1. The van der Waals surface area contributed by atoms with Crippen molar-refractivity contribution in [2.24, 2.45) is 0 Å². The Morgan fingerprint density at radius 2 is 2.06 bits per heavy atom. The molecule has 0 fully saturated rings. The van der Waals surface area contributed by atoms with Gasteiger partial charge in [0, 0.05) is 18.7 Å². The Hall–Kier alpha value is -1.10. The Kier molecular flexibility index (Phi) is 4.73. The highest BCUT2D eigenvalue weighted by atomic mass is 16.6. The van der Waals surface area contributed by atoms with Gasteiger partial charge in [-0.3, -0.25) is 0 Å². The van der Waals surface area contributed by atoms with E-state index in [9.17, 15) is 5.11 Å². The molecule has 1 aromatic carbocycles. The zero-order valence-corrected chi connectivity index (χ0v) is 10.4. The van der Waals surface area contributed by atoms with Gasteiger partial charge in [0.05, 0.1) is 7.11 Å². The maximum Gasteiger partial charge on any atom is 0.122 e. The normalized spacial score (nSPS) is 11.1. The highest BCUT2D eigenvalue weighted by molar-refractivity contribution is 5.42. The van der Waals surface area contributed by atoms with Crippen molar-refractivity contribution < 1.29 is 9.94 Å². The van der Waals surface area contributed by atoms with Gasteiger partial charge in [-0.2, -0.15) is 5.48 Å². The summed E-state index contributed by atoms with van der Waals surface area (Å²) in [6, 6.07) is 3.95. The smallest absolute Gasteiger partial charge is 0.122 e. The molecule has 4 nitrogen and oxygen atoms in total. The van der Waals surface area contributed by atoms with Crippen molar-refractivity contribution in [3.8, 4) is 5.75 Å². The van der Waals surface area contributed by atoms with Crippen LogP contribution in [0.4, 0.5) is 0 Å². The van der Waals surface area contributed by atoms with Crippen LogP contribution in [0.15, 0.2) is 12.1 Å². The van der Waals surface area contributed by atoms with Gasteiger partial charge in [0.25, 0.3) is 0 Å². The molecule has 0 amide bonds. The van der Waals surface area contributed by atoms with Gasteiger partial charge in [-0.15, -0.1) is 0 Å². The van der Waals surface area contributed by atoms with Crippen LogP contribution in [0, 0.1) is 6.92 Å². The number of phenols is 1. The topological polar surface area (TPSA) is 44.7 Å². The molecule has 0 saturated carbocycles. The van der Waals surface area contributed by atoms with Crippen LogP contribution < -0.4 is 5.48 Å². The number of hydrogen-bond donors (Lipinski definition) is 2. The Bertz CT molecular complexity index is 351. The molecular formula is C12H20N2O2. The summed E-state index contributed by atoms with van der Waals surface area (Å²) in [6.07, 6.45) is 0. The third-order valence-electron chi connectivity index (χ3n) is 2.35. The minimum absolute atomic E-state index is 0.384. The van der Waals surface area contributed by atoms with E-state index in [0.717, 1.165) is 23.2 Å². The van der Waals surface area contributed by atoms with Gasteiger partial charge in [0.15, 0.2) is 0 Å². The summed E-state index contributed by atoms with van der Waals surface area (Å²) in [5.74, 6) is 0.384.